The number of halogens is 1. The summed E-state index contributed by atoms with van der Waals surface area (Å²) in [5, 5.41) is 14.9. The van der Waals surface area contributed by atoms with Gasteiger partial charge in [0.05, 0.1) is 17.6 Å². The molecule has 1 unspecified atom stereocenters. The van der Waals surface area contributed by atoms with E-state index in [2.05, 4.69) is 36.8 Å². The van der Waals surface area contributed by atoms with Gasteiger partial charge >= 0.3 is 0 Å². The molecule has 0 radical (unpaired) electrons. The van der Waals surface area contributed by atoms with Crippen LogP contribution in [0.1, 0.15) is 25.3 Å². The Morgan fingerprint density at radius 3 is 2.60 bits per heavy atom. The maximum absolute atomic E-state index is 12.7. The van der Waals surface area contributed by atoms with Gasteiger partial charge in [0.1, 0.15) is 0 Å². The van der Waals surface area contributed by atoms with Crippen LogP contribution in [0.3, 0.4) is 0 Å². The fourth-order valence-corrected chi connectivity index (χ4v) is 4.18. The number of aromatic nitrogens is 4. The zero-order valence-electron chi connectivity index (χ0n) is 16.0. The van der Waals surface area contributed by atoms with Crippen LogP contribution in [0.5, 0.6) is 0 Å². The van der Waals surface area contributed by atoms with E-state index in [9.17, 15) is 9.59 Å². The van der Waals surface area contributed by atoms with Crippen molar-refractivity contribution in [3.63, 3.8) is 0 Å². The van der Waals surface area contributed by atoms with Crippen LogP contribution in [0.2, 0.25) is 0 Å². The zero-order valence-corrected chi connectivity index (χ0v) is 17.6. The average molecular weight is 467 g/mol. The van der Waals surface area contributed by atoms with Crippen molar-refractivity contribution in [3.8, 4) is 11.4 Å². The molecule has 2 aromatic carbocycles. The molecule has 30 heavy (non-hydrogen) atoms. The number of hydrogen-bond acceptors (Lipinski definition) is 5. The third kappa shape index (κ3) is 3.60. The number of carbonyl (C=O) groups excluding carboxylic acids is 2. The van der Waals surface area contributed by atoms with Gasteiger partial charge in [0, 0.05) is 28.7 Å². The van der Waals surface area contributed by atoms with Crippen LogP contribution in [0.25, 0.3) is 11.4 Å². The van der Waals surface area contributed by atoms with Crippen LogP contribution in [0.15, 0.2) is 53.0 Å². The first kappa shape index (κ1) is 18.9. The summed E-state index contributed by atoms with van der Waals surface area (Å²) in [6.45, 7) is 0.363. The Hall–Kier alpha value is -3.07. The lowest BCUT2D eigenvalue weighted by Crippen LogP contribution is -2.28. The van der Waals surface area contributed by atoms with E-state index < -0.39 is 5.92 Å². The van der Waals surface area contributed by atoms with Crippen LogP contribution in [0.4, 0.5) is 11.4 Å². The molecule has 2 amide bonds. The lowest BCUT2D eigenvalue weighted by atomic mass is 10.1. The molecule has 2 aliphatic rings. The van der Waals surface area contributed by atoms with Crippen molar-refractivity contribution in [1.29, 1.82) is 0 Å². The SMILES string of the molecule is O=C(Nc1ccc(-c2nnnn2C2CC2)cc1)C1CC(=O)N(c2ccccc2Br)C1. The Balaban J connectivity index is 1.26. The standard InChI is InChI=1S/C21H19BrN6O2/c22-17-3-1-2-4-18(17)27-12-14(11-19(27)29)21(30)23-15-7-5-13(6-8-15)20-24-25-26-28(20)16-9-10-16/h1-8,14,16H,9-12H2,(H,23,30). The maximum atomic E-state index is 12.7. The van der Waals surface area contributed by atoms with Gasteiger partial charge in [-0.2, -0.15) is 0 Å². The van der Waals surface area contributed by atoms with Gasteiger partial charge in [-0.05, 0) is 75.6 Å². The van der Waals surface area contributed by atoms with E-state index in [1.807, 2.05) is 53.2 Å². The molecule has 2 fully saturated rings. The molecule has 8 nitrogen and oxygen atoms in total. The summed E-state index contributed by atoms with van der Waals surface area (Å²) in [6, 6.07) is 15.4. The number of tetrazole rings is 1. The highest BCUT2D eigenvalue weighted by molar-refractivity contribution is 9.10. The van der Waals surface area contributed by atoms with E-state index in [4.69, 9.17) is 0 Å². The second-order valence-electron chi connectivity index (χ2n) is 7.60. The number of para-hydroxylation sites is 1. The Labute approximate surface area is 181 Å². The Kier molecular flexibility index (Phi) is 4.82. The minimum absolute atomic E-state index is 0.0516. The van der Waals surface area contributed by atoms with E-state index in [0.29, 0.717) is 18.3 Å². The van der Waals surface area contributed by atoms with Crippen LogP contribution in [0, 0.1) is 5.92 Å². The lowest BCUT2D eigenvalue weighted by Gasteiger charge is -2.18. The number of nitrogens with one attached hydrogen (secondary N) is 1. The van der Waals surface area contributed by atoms with Crippen LogP contribution in [-0.2, 0) is 9.59 Å². The van der Waals surface area contributed by atoms with Gasteiger partial charge in [-0.15, -0.1) is 5.10 Å². The molecule has 0 bridgehead atoms. The molecular weight excluding hydrogens is 448 g/mol. The fraction of sp³-hybridized carbons (Fsp3) is 0.286. The van der Waals surface area contributed by atoms with Gasteiger partial charge < -0.3 is 10.2 Å². The molecule has 1 atom stereocenters. The minimum Gasteiger partial charge on any atom is -0.326 e. The van der Waals surface area contributed by atoms with Crippen LogP contribution < -0.4 is 10.2 Å². The molecule has 152 valence electrons. The Morgan fingerprint density at radius 1 is 1.10 bits per heavy atom. The molecule has 1 saturated carbocycles. The second-order valence-corrected chi connectivity index (χ2v) is 8.46. The molecule has 0 spiro atoms. The third-order valence-electron chi connectivity index (χ3n) is 5.44. The lowest BCUT2D eigenvalue weighted by molar-refractivity contribution is -0.122. The molecule has 2 heterocycles. The van der Waals surface area contributed by atoms with E-state index in [0.717, 1.165) is 34.4 Å². The third-order valence-corrected chi connectivity index (χ3v) is 6.11. The van der Waals surface area contributed by atoms with Crippen molar-refractivity contribution < 1.29 is 9.59 Å². The van der Waals surface area contributed by atoms with Crippen molar-refractivity contribution in [3.05, 3.63) is 53.0 Å². The maximum Gasteiger partial charge on any atom is 0.229 e. The first-order valence-corrected chi connectivity index (χ1v) is 10.6. The summed E-state index contributed by atoms with van der Waals surface area (Å²) in [4.78, 5) is 26.9. The highest BCUT2D eigenvalue weighted by Gasteiger charge is 2.36. The normalized spacial score (nSPS) is 18.6. The summed E-state index contributed by atoms with van der Waals surface area (Å²) < 4.78 is 2.69. The fourth-order valence-electron chi connectivity index (χ4n) is 3.68. The largest absolute Gasteiger partial charge is 0.326 e. The summed E-state index contributed by atoms with van der Waals surface area (Å²) in [5.74, 6) is 0.130. The van der Waals surface area contributed by atoms with Gasteiger partial charge in [-0.3, -0.25) is 9.59 Å². The quantitative estimate of drug-likeness (QED) is 0.621. The molecule has 1 aliphatic carbocycles. The average Bonchev–Trinajstić information content (AvgIpc) is 3.34. The number of hydrogen-bond donors (Lipinski definition) is 1. The number of carbonyl (C=O) groups is 2. The van der Waals surface area contributed by atoms with E-state index in [1.54, 1.807) is 4.90 Å². The van der Waals surface area contributed by atoms with Crippen molar-refractivity contribution in [2.45, 2.75) is 25.3 Å². The number of rotatable bonds is 5. The minimum atomic E-state index is -0.397. The van der Waals surface area contributed by atoms with E-state index in [1.165, 1.54) is 0 Å². The molecular formula is C21H19BrN6O2. The number of anilines is 2. The smallest absolute Gasteiger partial charge is 0.229 e. The first-order valence-electron chi connectivity index (χ1n) is 9.84. The first-order chi connectivity index (χ1) is 14.6. The molecule has 1 N–H and O–H groups in total. The van der Waals surface area contributed by atoms with E-state index >= 15 is 0 Å². The second kappa shape index (κ2) is 7.64. The molecule has 9 heteroatoms. The van der Waals surface area contributed by atoms with Gasteiger partial charge in [0.25, 0.3) is 0 Å². The highest BCUT2D eigenvalue weighted by Crippen LogP contribution is 2.36. The molecule has 5 rings (SSSR count). The summed E-state index contributed by atoms with van der Waals surface area (Å²) in [5.41, 5.74) is 2.37. The van der Waals surface area contributed by atoms with Gasteiger partial charge in [-0.1, -0.05) is 12.1 Å². The van der Waals surface area contributed by atoms with E-state index in [-0.39, 0.29) is 18.2 Å². The predicted octanol–water partition coefficient (Wildman–Crippen LogP) is 3.43. The Bertz CT molecular complexity index is 1110. The topological polar surface area (TPSA) is 93.0 Å². The highest BCUT2D eigenvalue weighted by atomic mass is 79.9. The Morgan fingerprint density at radius 2 is 1.87 bits per heavy atom. The molecule has 3 aromatic rings. The van der Waals surface area contributed by atoms with Gasteiger partial charge in [0.2, 0.25) is 11.8 Å². The van der Waals surface area contributed by atoms with Crippen LogP contribution >= 0.6 is 15.9 Å². The summed E-state index contributed by atoms with van der Waals surface area (Å²) in [6.07, 6.45) is 2.40. The predicted molar refractivity (Wildman–Crippen MR) is 115 cm³/mol. The van der Waals surface area contributed by atoms with Crippen molar-refractivity contribution >= 4 is 39.1 Å². The van der Waals surface area contributed by atoms with Crippen molar-refractivity contribution in [2.75, 3.05) is 16.8 Å². The number of benzene rings is 2. The van der Waals surface area contributed by atoms with Crippen LogP contribution in [-0.4, -0.2) is 38.6 Å². The number of nitrogens with zero attached hydrogens (tertiary/aromatic N) is 5. The van der Waals surface area contributed by atoms with Gasteiger partial charge in [0.15, 0.2) is 5.82 Å². The monoisotopic (exact) mass is 466 g/mol. The van der Waals surface area contributed by atoms with Crippen molar-refractivity contribution in [2.24, 2.45) is 5.92 Å². The zero-order chi connectivity index (χ0) is 20.7. The molecule has 1 aliphatic heterocycles. The summed E-state index contributed by atoms with van der Waals surface area (Å²) in [7, 11) is 0. The summed E-state index contributed by atoms with van der Waals surface area (Å²) >= 11 is 3.48. The number of amides is 2. The molecule has 1 saturated heterocycles. The molecule has 1 aromatic heterocycles. The van der Waals surface area contributed by atoms with Gasteiger partial charge in [-0.25, -0.2) is 4.68 Å². The van der Waals surface area contributed by atoms with Crippen molar-refractivity contribution in [1.82, 2.24) is 20.2 Å².